The first-order valence-electron chi connectivity index (χ1n) is 6.86. The Hall–Kier alpha value is -1.81. The van der Waals surface area contributed by atoms with E-state index in [1.54, 1.807) is 6.20 Å². The SMILES string of the molecule is OC1CCC(Nc2ccccc2-n2cccn2)CC1. The van der Waals surface area contributed by atoms with Crippen LogP contribution in [0.3, 0.4) is 0 Å². The molecule has 4 heteroatoms. The summed E-state index contributed by atoms with van der Waals surface area (Å²) in [5, 5.41) is 17.4. The lowest BCUT2D eigenvalue weighted by Crippen LogP contribution is -2.28. The number of para-hydroxylation sites is 2. The topological polar surface area (TPSA) is 50.1 Å². The number of aliphatic hydroxyl groups is 1. The van der Waals surface area contributed by atoms with Crippen LogP contribution < -0.4 is 5.32 Å². The standard InChI is InChI=1S/C15H19N3O/c19-13-8-6-12(7-9-13)17-14-4-1-2-5-15(14)18-11-3-10-16-18/h1-5,10-13,17,19H,6-9H2. The van der Waals surface area contributed by atoms with Crippen molar-refractivity contribution in [2.24, 2.45) is 0 Å². The van der Waals surface area contributed by atoms with Gasteiger partial charge in [0.15, 0.2) is 0 Å². The van der Waals surface area contributed by atoms with Crippen molar-refractivity contribution in [3.8, 4) is 5.69 Å². The second kappa shape index (κ2) is 5.45. The Kier molecular flexibility index (Phi) is 3.51. The van der Waals surface area contributed by atoms with Crippen molar-refractivity contribution >= 4 is 5.69 Å². The molecule has 0 bridgehead atoms. The van der Waals surface area contributed by atoms with Gasteiger partial charge in [0.25, 0.3) is 0 Å². The van der Waals surface area contributed by atoms with Crippen LogP contribution in [0.1, 0.15) is 25.7 Å². The van der Waals surface area contributed by atoms with Crippen LogP contribution >= 0.6 is 0 Å². The van der Waals surface area contributed by atoms with Crippen LogP contribution in [-0.2, 0) is 0 Å². The van der Waals surface area contributed by atoms with Crippen LogP contribution in [-0.4, -0.2) is 27.0 Å². The number of anilines is 1. The molecule has 4 nitrogen and oxygen atoms in total. The molecule has 1 fully saturated rings. The van der Waals surface area contributed by atoms with Gasteiger partial charge in [-0.3, -0.25) is 0 Å². The molecule has 2 N–H and O–H groups in total. The van der Waals surface area contributed by atoms with Crippen LogP contribution in [0.15, 0.2) is 42.7 Å². The van der Waals surface area contributed by atoms with Gasteiger partial charge in [-0.25, -0.2) is 4.68 Å². The highest BCUT2D eigenvalue weighted by Crippen LogP contribution is 2.25. The van der Waals surface area contributed by atoms with Crippen LogP contribution in [0.4, 0.5) is 5.69 Å². The second-order valence-electron chi connectivity index (χ2n) is 5.12. The number of rotatable bonds is 3. The van der Waals surface area contributed by atoms with Crippen molar-refractivity contribution < 1.29 is 5.11 Å². The van der Waals surface area contributed by atoms with Crippen LogP contribution in [0.5, 0.6) is 0 Å². The average Bonchev–Trinajstić information content (AvgIpc) is 2.96. The first kappa shape index (κ1) is 12.2. The number of hydrogen-bond donors (Lipinski definition) is 2. The van der Waals surface area contributed by atoms with E-state index in [0.29, 0.717) is 6.04 Å². The van der Waals surface area contributed by atoms with E-state index in [0.717, 1.165) is 37.1 Å². The normalized spacial score (nSPS) is 23.2. The lowest BCUT2D eigenvalue weighted by Gasteiger charge is -2.27. The van der Waals surface area contributed by atoms with Crippen molar-refractivity contribution in [3.63, 3.8) is 0 Å². The molecule has 2 aromatic rings. The predicted octanol–water partition coefficient (Wildman–Crippen LogP) is 2.59. The smallest absolute Gasteiger partial charge is 0.0876 e. The van der Waals surface area contributed by atoms with Gasteiger partial charge >= 0.3 is 0 Å². The van der Waals surface area contributed by atoms with Gasteiger partial charge in [-0.05, 0) is 43.9 Å². The molecule has 1 heterocycles. The molecule has 3 rings (SSSR count). The number of nitrogens with one attached hydrogen (secondary N) is 1. The van der Waals surface area contributed by atoms with E-state index in [2.05, 4.69) is 22.5 Å². The zero-order valence-corrected chi connectivity index (χ0v) is 10.9. The molecule has 1 aliphatic carbocycles. The molecule has 1 saturated carbocycles. The van der Waals surface area contributed by atoms with Crippen molar-refractivity contribution in [1.29, 1.82) is 0 Å². The summed E-state index contributed by atoms with van der Waals surface area (Å²) in [6.45, 7) is 0. The minimum atomic E-state index is -0.112. The maximum atomic E-state index is 9.56. The fourth-order valence-electron chi connectivity index (χ4n) is 2.65. The quantitative estimate of drug-likeness (QED) is 0.888. The van der Waals surface area contributed by atoms with Gasteiger partial charge in [0.2, 0.25) is 0 Å². The number of nitrogens with zero attached hydrogens (tertiary/aromatic N) is 2. The van der Waals surface area contributed by atoms with Gasteiger partial charge in [0.1, 0.15) is 0 Å². The number of aliphatic hydroxyl groups excluding tert-OH is 1. The van der Waals surface area contributed by atoms with E-state index in [-0.39, 0.29) is 6.10 Å². The first-order valence-corrected chi connectivity index (χ1v) is 6.86. The molecule has 0 spiro atoms. The summed E-state index contributed by atoms with van der Waals surface area (Å²) in [6, 6.07) is 10.6. The molecule has 0 unspecified atom stereocenters. The Morgan fingerprint density at radius 1 is 1.11 bits per heavy atom. The van der Waals surface area contributed by atoms with Crippen molar-refractivity contribution in [2.45, 2.75) is 37.8 Å². The van der Waals surface area contributed by atoms with Gasteiger partial charge in [-0.1, -0.05) is 12.1 Å². The monoisotopic (exact) mass is 257 g/mol. The summed E-state index contributed by atoms with van der Waals surface area (Å²) >= 11 is 0. The summed E-state index contributed by atoms with van der Waals surface area (Å²) in [7, 11) is 0. The third kappa shape index (κ3) is 2.79. The van der Waals surface area contributed by atoms with Crippen LogP contribution in [0, 0.1) is 0 Å². The molecule has 1 aromatic carbocycles. The van der Waals surface area contributed by atoms with E-state index in [1.807, 2.05) is 29.1 Å². The number of hydrogen-bond acceptors (Lipinski definition) is 3. The summed E-state index contributed by atoms with van der Waals surface area (Å²) in [4.78, 5) is 0. The molecule has 0 aliphatic heterocycles. The third-order valence-corrected chi connectivity index (χ3v) is 3.71. The molecular formula is C15H19N3O. The van der Waals surface area contributed by atoms with Gasteiger partial charge < -0.3 is 10.4 Å². The predicted molar refractivity (Wildman–Crippen MR) is 75.4 cm³/mol. The van der Waals surface area contributed by atoms with Crippen LogP contribution in [0.2, 0.25) is 0 Å². The Labute approximate surface area is 113 Å². The summed E-state index contributed by atoms with van der Waals surface area (Å²) < 4.78 is 1.88. The van der Waals surface area contributed by atoms with E-state index >= 15 is 0 Å². The minimum Gasteiger partial charge on any atom is -0.393 e. The summed E-state index contributed by atoms with van der Waals surface area (Å²) in [6.07, 6.45) is 7.45. The zero-order chi connectivity index (χ0) is 13.1. The van der Waals surface area contributed by atoms with Crippen LogP contribution in [0.25, 0.3) is 5.69 Å². The zero-order valence-electron chi connectivity index (χ0n) is 10.9. The number of aromatic nitrogens is 2. The molecule has 1 aliphatic rings. The second-order valence-corrected chi connectivity index (χ2v) is 5.12. The van der Waals surface area contributed by atoms with Crippen molar-refractivity contribution in [1.82, 2.24) is 9.78 Å². The highest BCUT2D eigenvalue weighted by atomic mass is 16.3. The van der Waals surface area contributed by atoms with Gasteiger partial charge in [-0.2, -0.15) is 5.10 Å². The summed E-state index contributed by atoms with van der Waals surface area (Å²) in [5.74, 6) is 0. The highest BCUT2D eigenvalue weighted by molar-refractivity contribution is 5.61. The van der Waals surface area contributed by atoms with E-state index in [9.17, 15) is 5.11 Å². The molecule has 100 valence electrons. The lowest BCUT2D eigenvalue weighted by molar-refractivity contribution is 0.126. The Bertz CT molecular complexity index is 516. The molecule has 0 amide bonds. The van der Waals surface area contributed by atoms with Gasteiger partial charge in [0, 0.05) is 18.4 Å². The molecule has 0 saturated heterocycles. The molecular weight excluding hydrogens is 238 g/mol. The highest BCUT2D eigenvalue weighted by Gasteiger charge is 2.19. The Balaban J connectivity index is 1.78. The number of benzene rings is 1. The molecule has 19 heavy (non-hydrogen) atoms. The van der Waals surface area contributed by atoms with E-state index in [1.165, 1.54) is 0 Å². The fraction of sp³-hybridized carbons (Fsp3) is 0.400. The largest absolute Gasteiger partial charge is 0.393 e. The molecule has 0 radical (unpaired) electrons. The van der Waals surface area contributed by atoms with Crippen molar-refractivity contribution in [2.75, 3.05) is 5.32 Å². The van der Waals surface area contributed by atoms with Gasteiger partial charge in [-0.15, -0.1) is 0 Å². The van der Waals surface area contributed by atoms with E-state index in [4.69, 9.17) is 0 Å². The summed E-state index contributed by atoms with van der Waals surface area (Å²) in [5.41, 5.74) is 2.17. The van der Waals surface area contributed by atoms with E-state index < -0.39 is 0 Å². The average molecular weight is 257 g/mol. The Morgan fingerprint density at radius 3 is 2.63 bits per heavy atom. The lowest BCUT2D eigenvalue weighted by atomic mass is 9.93. The maximum absolute atomic E-state index is 9.56. The Morgan fingerprint density at radius 2 is 1.89 bits per heavy atom. The van der Waals surface area contributed by atoms with Gasteiger partial charge in [0.05, 0.1) is 17.5 Å². The minimum absolute atomic E-state index is 0.112. The van der Waals surface area contributed by atoms with Crippen molar-refractivity contribution in [3.05, 3.63) is 42.7 Å². The third-order valence-electron chi connectivity index (χ3n) is 3.71. The fourth-order valence-corrected chi connectivity index (χ4v) is 2.65. The molecule has 0 atom stereocenters. The maximum Gasteiger partial charge on any atom is 0.0876 e. The first-order chi connectivity index (χ1) is 9.33. The molecule has 1 aromatic heterocycles.